The zero-order chi connectivity index (χ0) is 18.4. The smallest absolute Gasteiger partial charge is 0.249 e. The van der Waals surface area contributed by atoms with Crippen molar-refractivity contribution in [2.24, 2.45) is 0 Å². The lowest BCUT2D eigenvalue weighted by atomic mass is 10.2. The van der Waals surface area contributed by atoms with Crippen LogP contribution in [0.15, 0.2) is 54.7 Å². The molecule has 0 aliphatic heterocycles. The Morgan fingerprint density at radius 1 is 1.00 bits per heavy atom. The zero-order valence-corrected chi connectivity index (χ0v) is 15.1. The first-order valence-corrected chi connectivity index (χ1v) is 8.25. The third-order valence-corrected chi connectivity index (χ3v) is 3.83. The average Bonchev–Trinajstić information content (AvgIpc) is 2.67. The molecule has 0 fully saturated rings. The molecule has 0 saturated carbocycles. The zero-order valence-electron chi connectivity index (χ0n) is 15.1. The Labute approximate surface area is 153 Å². The van der Waals surface area contributed by atoms with Gasteiger partial charge in [-0.1, -0.05) is 12.1 Å². The minimum atomic E-state index is 0.447. The summed E-state index contributed by atoms with van der Waals surface area (Å²) in [4.78, 5) is 6.49. The first-order chi connectivity index (χ1) is 12.6. The van der Waals surface area contributed by atoms with E-state index in [-0.39, 0.29) is 0 Å². The highest BCUT2D eigenvalue weighted by Crippen LogP contribution is 2.18. The van der Waals surface area contributed by atoms with Crippen molar-refractivity contribution in [3.05, 3.63) is 60.3 Å². The average molecular weight is 350 g/mol. The topological polar surface area (TPSA) is 75.2 Å². The third-order valence-electron chi connectivity index (χ3n) is 3.83. The van der Waals surface area contributed by atoms with Crippen LogP contribution in [-0.2, 0) is 6.54 Å². The molecule has 0 atom stereocenters. The van der Waals surface area contributed by atoms with E-state index in [1.807, 2.05) is 67.5 Å². The normalized spacial score (nSPS) is 10.3. The monoisotopic (exact) mass is 350 g/mol. The Morgan fingerprint density at radius 3 is 2.38 bits per heavy atom. The molecule has 0 unspecified atom stereocenters. The van der Waals surface area contributed by atoms with Gasteiger partial charge in [0.05, 0.1) is 13.3 Å². The van der Waals surface area contributed by atoms with Crippen molar-refractivity contribution < 1.29 is 4.74 Å². The molecule has 1 heterocycles. The summed E-state index contributed by atoms with van der Waals surface area (Å²) in [5, 5.41) is 14.4. The fourth-order valence-electron chi connectivity index (χ4n) is 2.35. The first kappa shape index (κ1) is 17.5. The highest BCUT2D eigenvalue weighted by molar-refractivity contribution is 5.59. The van der Waals surface area contributed by atoms with Crippen LogP contribution in [-0.4, -0.2) is 36.4 Å². The second-order valence-electron chi connectivity index (χ2n) is 5.93. The van der Waals surface area contributed by atoms with Crippen LogP contribution in [0.4, 0.5) is 23.1 Å². The number of nitrogens with zero attached hydrogens (tertiary/aromatic N) is 4. The predicted octanol–water partition coefficient (Wildman–Crippen LogP) is 3.30. The maximum atomic E-state index is 5.16. The Bertz CT molecular complexity index is 833. The van der Waals surface area contributed by atoms with Gasteiger partial charge in [0.15, 0.2) is 5.82 Å². The van der Waals surface area contributed by atoms with E-state index in [0.717, 1.165) is 22.7 Å². The lowest BCUT2D eigenvalue weighted by Gasteiger charge is -2.13. The van der Waals surface area contributed by atoms with Gasteiger partial charge in [0.2, 0.25) is 5.95 Å². The van der Waals surface area contributed by atoms with E-state index >= 15 is 0 Å². The van der Waals surface area contributed by atoms with Gasteiger partial charge in [0, 0.05) is 32.0 Å². The maximum Gasteiger partial charge on any atom is 0.249 e. The molecule has 0 saturated heterocycles. The van der Waals surface area contributed by atoms with Crippen molar-refractivity contribution in [1.82, 2.24) is 15.2 Å². The molecular formula is C19H22N6O. The number of anilines is 4. The van der Waals surface area contributed by atoms with Crippen LogP contribution < -0.4 is 20.3 Å². The van der Waals surface area contributed by atoms with E-state index in [0.29, 0.717) is 18.3 Å². The minimum Gasteiger partial charge on any atom is -0.497 e. The molecule has 0 radical (unpaired) electrons. The highest BCUT2D eigenvalue weighted by Gasteiger charge is 2.03. The predicted molar refractivity (Wildman–Crippen MR) is 104 cm³/mol. The van der Waals surface area contributed by atoms with E-state index in [1.54, 1.807) is 13.3 Å². The summed E-state index contributed by atoms with van der Waals surface area (Å²) in [6, 6.07) is 15.9. The lowest BCUT2D eigenvalue weighted by molar-refractivity contribution is 0.414. The fourth-order valence-corrected chi connectivity index (χ4v) is 2.35. The van der Waals surface area contributed by atoms with Crippen LogP contribution in [0.3, 0.4) is 0 Å². The molecule has 2 aromatic carbocycles. The summed E-state index contributed by atoms with van der Waals surface area (Å²) in [5.41, 5.74) is 3.16. The number of aromatic nitrogens is 3. The SMILES string of the molecule is COc1ccc(CNc2cnnc(Nc3ccc(N(C)C)cc3)n2)cc1. The molecule has 0 bridgehead atoms. The van der Waals surface area contributed by atoms with Crippen molar-refractivity contribution in [2.45, 2.75) is 6.54 Å². The van der Waals surface area contributed by atoms with E-state index in [9.17, 15) is 0 Å². The molecule has 3 rings (SSSR count). The number of ether oxygens (including phenoxy) is 1. The second-order valence-corrected chi connectivity index (χ2v) is 5.93. The minimum absolute atomic E-state index is 0.447. The van der Waals surface area contributed by atoms with Gasteiger partial charge >= 0.3 is 0 Å². The Balaban J connectivity index is 1.62. The number of hydrogen-bond acceptors (Lipinski definition) is 7. The molecule has 134 valence electrons. The second kappa shape index (κ2) is 8.15. The fraction of sp³-hybridized carbons (Fsp3) is 0.211. The van der Waals surface area contributed by atoms with Crippen LogP contribution in [0, 0.1) is 0 Å². The third kappa shape index (κ3) is 4.60. The Hall–Kier alpha value is -3.35. The van der Waals surface area contributed by atoms with Gasteiger partial charge in [0.1, 0.15) is 5.75 Å². The van der Waals surface area contributed by atoms with Crippen LogP contribution in [0.2, 0.25) is 0 Å². The molecule has 3 aromatic rings. The molecule has 0 amide bonds. The standard InChI is InChI=1S/C19H22N6O/c1-25(2)16-8-6-15(7-9-16)22-19-23-18(13-21-24-19)20-12-14-4-10-17(26-3)11-5-14/h4-11,13H,12H2,1-3H3,(H2,20,22,23,24). The van der Waals surface area contributed by atoms with E-state index in [2.05, 4.69) is 25.8 Å². The highest BCUT2D eigenvalue weighted by atomic mass is 16.5. The number of hydrogen-bond donors (Lipinski definition) is 2. The number of rotatable bonds is 7. The van der Waals surface area contributed by atoms with Crippen LogP contribution in [0.25, 0.3) is 0 Å². The van der Waals surface area contributed by atoms with Gasteiger partial charge in [-0.2, -0.15) is 10.1 Å². The number of methoxy groups -OCH3 is 1. The molecule has 26 heavy (non-hydrogen) atoms. The Kier molecular flexibility index (Phi) is 5.48. The molecule has 2 N–H and O–H groups in total. The van der Waals surface area contributed by atoms with Gasteiger partial charge < -0.3 is 20.3 Å². The molecule has 7 nitrogen and oxygen atoms in total. The Morgan fingerprint density at radius 2 is 1.73 bits per heavy atom. The number of nitrogens with one attached hydrogen (secondary N) is 2. The maximum absolute atomic E-state index is 5.16. The van der Waals surface area contributed by atoms with Crippen LogP contribution in [0.5, 0.6) is 5.75 Å². The summed E-state index contributed by atoms with van der Waals surface area (Å²) < 4.78 is 5.16. The molecule has 0 spiro atoms. The van der Waals surface area contributed by atoms with Crippen molar-refractivity contribution in [3.63, 3.8) is 0 Å². The molecule has 0 aliphatic rings. The van der Waals surface area contributed by atoms with Gasteiger partial charge in [-0.15, -0.1) is 5.10 Å². The van der Waals surface area contributed by atoms with Gasteiger partial charge in [-0.05, 0) is 42.0 Å². The summed E-state index contributed by atoms with van der Waals surface area (Å²) >= 11 is 0. The van der Waals surface area contributed by atoms with E-state index in [4.69, 9.17) is 4.74 Å². The van der Waals surface area contributed by atoms with Crippen molar-refractivity contribution >= 4 is 23.1 Å². The number of benzene rings is 2. The molecule has 0 aliphatic carbocycles. The first-order valence-electron chi connectivity index (χ1n) is 8.25. The summed E-state index contributed by atoms with van der Waals surface area (Å²) in [6.07, 6.45) is 1.60. The summed E-state index contributed by atoms with van der Waals surface area (Å²) in [6.45, 7) is 0.639. The molecule has 7 heteroatoms. The van der Waals surface area contributed by atoms with Crippen molar-refractivity contribution in [3.8, 4) is 5.75 Å². The van der Waals surface area contributed by atoms with Crippen LogP contribution in [0.1, 0.15) is 5.56 Å². The quantitative estimate of drug-likeness (QED) is 0.677. The van der Waals surface area contributed by atoms with Gasteiger partial charge in [0.25, 0.3) is 0 Å². The van der Waals surface area contributed by atoms with Gasteiger partial charge in [-0.3, -0.25) is 0 Å². The molecule has 1 aromatic heterocycles. The van der Waals surface area contributed by atoms with Crippen molar-refractivity contribution in [1.29, 1.82) is 0 Å². The summed E-state index contributed by atoms with van der Waals surface area (Å²) in [7, 11) is 5.67. The van der Waals surface area contributed by atoms with Gasteiger partial charge in [-0.25, -0.2) is 0 Å². The van der Waals surface area contributed by atoms with E-state index in [1.165, 1.54) is 0 Å². The summed E-state index contributed by atoms with van der Waals surface area (Å²) in [5.74, 6) is 1.94. The van der Waals surface area contributed by atoms with Crippen molar-refractivity contribution in [2.75, 3.05) is 36.7 Å². The lowest BCUT2D eigenvalue weighted by Crippen LogP contribution is -2.08. The molecular weight excluding hydrogens is 328 g/mol. The van der Waals surface area contributed by atoms with Crippen LogP contribution >= 0.6 is 0 Å². The van der Waals surface area contributed by atoms with E-state index < -0.39 is 0 Å². The largest absolute Gasteiger partial charge is 0.497 e.